The number of nitrogens with one attached hydrogen (secondary N) is 1. The normalized spacial score (nSPS) is 10.6. The van der Waals surface area contributed by atoms with Crippen LogP contribution in [0.1, 0.15) is 28.2 Å². The fourth-order valence-corrected chi connectivity index (χ4v) is 2.95. The average molecular weight is 363 g/mol. The number of aryl methyl sites for hydroxylation is 2. The molecule has 0 radical (unpaired) electrons. The summed E-state index contributed by atoms with van der Waals surface area (Å²) >= 11 is 0. The predicted molar refractivity (Wildman–Crippen MR) is 103 cm³/mol. The number of benzene rings is 2. The lowest BCUT2D eigenvalue weighted by molar-refractivity contribution is -0.136. The minimum absolute atomic E-state index is 0.0312. The van der Waals surface area contributed by atoms with Crippen LogP contribution in [-0.2, 0) is 17.6 Å². The highest BCUT2D eigenvalue weighted by Crippen LogP contribution is 2.30. The van der Waals surface area contributed by atoms with Crippen molar-refractivity contribution in [2.24, 2.45) is 0 Å². The summed E-state index contributed by atoms with van der Waals surface area (Å²) < 4.78 is 0. The molecule has 0 aliphatic rings. The Morgan fingerprint density at radius 1 is 1.04 bits per heavy atom. The van der Waals surface area contributed by atoms with Gasteiger partial charge in [0.25, 0.3) is 0 Å². The fourth-order valence-electron chi connectivity index (χ4n) is 2.95. The van der Waals surface area contributed by atoms with Crippen LogP contribution in [-0.4, -0.2) is 26.2 Å². The highest BCUT2D eigenvalue weighted by molar-refractivity contribution is 5.73. The standard InChI is InChI=1S/C21H21N3O3/c1-13-17(10-15-6-4-3-5-7-15)21(23-14(2)22-13)24-18-11-16(12-20(26)27)8-9-19(18)25/h3-9,11,25H,10,12H2,1-2H3,(H,26,27)(H,22,23,24). The number of carboxylic acids is 1. The number of hydrogen-bond acceptors (Lipinski definition) is 5. The monoisotopic (exact) mass is 363 g/mol. The van der Waals surface area contributed by atoms with E-state index in [-0.39, 0.29) is 12.2 Å². The molecule has 0 spiro atoms. The molecule has 3 N–H and O–H groups in total. The largest absolute Gasteiger partial charge is 0.506 e. The van der Waals surface area contributed by atoms with Gasteiger partial charge < -0.3 is 15.5 Å². The molecule has 0 amide bonds. The molecule has 3 aromatic rings. The highest BCUT2D eigenvalue weighted by Gasteiger charge is 2.14. The van der Waals surface area contributed by atoms with Gasteiger partial charge in [0.2, 0.25) is 0 Å². The molecule has 6 nitrogen and oxygen atoms in total. The van der Waals surface area contributed by atoms with Crippen LogP contribution in [0.5, 0.6) is 5.75 Å². The van der Waals surface area contributed by atoms with Crippen molar-refractivity contribution in [3.8, 4) is 5.75 Å². The van der Waals surface area contributed by atoms with Gasteiger partial charge in [0, 0.05) is 17.7 Å². The van der Waals surface area contributed by atoms with Crippen molar-refractivity contribution in [2.75, 3.05) is 5.32 Å². The number of rotatable bonds is 6. The zero-order chi connectivity index (χ0) is 19.4. The molecule has 3 rings (SSSR count). The summed E-state index contributed by atoms with van der Waals surface area (Å²) in [5.41, 5.74) is 3.92. The Morgan fingerprint density at radius 2 is 1.78 bits per heavy atom. The van der Waals surface area contributed by atoms with Gasteiger partial charge in [-0.3, -0.25) is 4.79 Å². The van der Waals surface area contributed by atoms with Crippen LogP contribution in [0.3, 0.4) is 0 Å². The second-order valence-corrected chi connectivity index (χ2v) is 6.39. The molecule has 0 saturated heterocycles. The van der Waals surface area contributed by atoms with Crippen molar-refractivity contribution in [1.29, 1.82) is 0 Å². The van der Waals surface area contributed by atoms with Crippen LogP contribution in [0.2, 0.25) is 0 Å². The van der Waals surface area contributed by atoms with Gasteiger partial charge in [0.1, 0.15) is 17.4 Å². The Hall–Kier alpha value is -3.41. The maximum absolute atomic E-state index is 11.0. The number of hydrogen-bond donors (Lipinski definition) is 3. The minimum Gasteiger partial charge on any atom is -0.506 e. The second-order valence-electron chi connectivity index (χ2n) is 6.39. The number of phenolic OH excluding ortho intramolecular Hbond substituents is 1. The van der Waals surface area contributed by atoms with E-state index in [0.29, 0.717) is 29.3 Å². The number of phenols is 1. The Balaban J connectivity index is 1.98. The van der Waals surface area contributed by atoms with Gasteiger partial charge in [0.15, 0.2) is 0 Å². The Labute approximate surface area is 157 Å². The zero-order valence-corrected chi connectivity index (χ0v) is 15.2. The molecule has 0 saturated carbocycles. The summed E-state index contributed by atoms with van der Waals surface area (Å²) in [4.78, 5) is 19.9. The van der Waals surface area contributed by atoms with Gasteiger partial charge in [-0.15, -0.1) is 0 Å². The molecule has 0 aliphatic heterocycles. The zero-order valence-electron chi connectivity index (χ0n) is 15.2. The molecule has 2 aromatic carbocycles. The van der Waals surface area contributed by atoms with Crippen molar-refractivity contribution in [3.63, 3.8) is 0 Å². The van der Waals surface area contributed by atoms with E-state index in [2.05, 4.69) is 15.3 Å². The maximum Gasteiger partial charge on any atom is 0.307 e. The molecule has 27 heavy (non-hydrogen) atoms. The van der Waals surface area contributed by atoms with Gasteiger partial charge in [-0.1, -0.05) is 36.4 Å². The summed E-state index contributed by atoms with van der Waals surface area (Å²) in [5.74, 6) is 0.327. The number of aromatic hydroxyl groups is 1. The average Bonchev–Trinajstić information content (AvgIpc) is 2.61. The van der Waals surface area contributed by atoms with Crippen molar-refractivity contribution in [1.82, 2.24) is 9.97 Å². The Kier molecular flexibility index (Phi) is 5.35. The van der Waals surface area contributed by atoms with E-state index in [9.17, 15) is 9.90 Å². The van der Waals surface area contributed by atoms with Crippen molar-refractivity contribution in [2.45, 2.75) is 26.7 Å². The minimum atomic E-state index is -0.926. The predicted octanol–water partition coefficient (Wildman–Crippen LogP) is 3.76. The van der Waals surface area contributed by atoms with Crippen molar-refractivity contribution >= 4 is 17.5 Å². The molecule has 1 heterocycles. The lowest BCUT2D eigenvalue weighted by Crippen LogP contribution is -2.07. The maximum atomic E-state index is 11.0. The number of aromatic nitrogens is 2. The molecule has 0 bridgehead atoms. The van der Waals surface area contributed by atoms with E-state index in [1.54, 1.807) is 12.1 Å². The van der Waals surface area contributed by atoms with Gasteiger partial charge in [-0.05, 0) is 37.1 Å². The SMILES string of the molecule is Cc1nc(C)c(Cc2ccccc2)c(Nc2cc(CC(=O)O)ccc2O)n1. The van der Waals surface area contributed by atoms with Gasteiger partial charge in [0.05, 0.1) is 12.1 Å². The van der Waals surface area contributed by atoms with Crippen LogP contribution < -0.4 is 5.32 Å². The number of aliphatic carboxylic acids is 1. The number of carbonyl (C=O) groups is 1. The summed E-state index contributed by atoms with van der Waals surface area (Å²) in [7, 11) is 0. The first-order valence-corrected chi connectivity index (χ1v) is 8.61. The van der Waals surface area contributed by atoms with Crippen LogP contribution in [0, 0.1) is 13.8 Å². The molecular weight excluding hydrogens is 342 g/mol. The first-order valence-electron chi connectivity index (χ1n) is 8.61. The smallest absolute Gasteiger partial charge is 0.307 e. The summed E-state index contributed by atoms with van der Waals surface area (Å²) in [6.07, 6.45) is 0.526. The summed E-state index contributed by atoms with van der Waals surface area (Å²) in [5, 5.41) is 22.4. The Bertz CT molecular complexity index is 972. The topological polar surface area (TPSA) is 95.3 Å². The van der Waals surface area contributed by atoms with E-state index >= 15 is 0 Å². The first-order chi connectivity index (χ1) is 12.9. The summed E-state index contributed by atoms with van der Waals surface area (Å²) in [6, 6.07) is 14.7. The van der Waals surface area contributed by atoms with Crippen molar-refractivity contribution < 1.29 is 15.0 Å². The van der Waals surface area contributed by atoms with Crippen LogP contribution >= 0.6 is 0 Å². The van der Waals surface area contributed by atoms with E-state index in [4.69, 9.17) is 5.11 Å². The van der Waals surface area contributed by atoms with Crippen molar-refractivity contribution in [3.05, 3.63) is 76.7 Å². The molecule has 6 heteroatoms. The van der Waals surface area contributed by atoms with Crippen LogP contribution in [0.15, 0.2) is 48.5 Å². The van der Waals surface area contributed by atoms with Crippen LogP contribution in [0.25, 0.3) is 0 Å². The fraction of sp³-hybridized carbons (Fsp3) is 0.190. The molecule has 138 valence electrons. The molecule has 0 atom stereocenters. The summed E-state index contributed by atoms with van der Waals surface area (Å²) in [6.45, 7) is 3.74. The quantitative estimate of drug-likeness (QED) is 0.577. The van der Waals surface area contributed by atoms with E-state index in [1.807, 2.05) is 44.2 Å². The van der Waals surface area contributed by atoms with Gasteiger partial charge in [-0.2, -0.15) is 0 Å². The Morgan fingerprint density at radius 3 is 2.48 bits per heavy atom. The highest BCUT2D eigenvalue weighted by atomic mass is 16.4. The number of carboxylic acid groups (broad SMARTS) is 1. The van der Waals surface area contributed by atoms with E-state index in [1.165, 1.54) is 6.07 Å². The molecule has 0 fully saturated rings. The third-order valence-corrected chi connectivity index (χ3v) is 4.22. The van der Waals surface area contributed by atoms with Crippen LogP contribution in [0.4, 0.5) is 11.5 Å². The lowest BCUT2D eigenvalue weighted by Gasteiger charge is -2.15. The van der Waals surface area contributed by atoms with Gasteiger partial charge >= 0.3 is 5.97 Å². The lowest BCUT2D eigenvalue weighted by atomic mass is 10.0. The number of anilines is 2. The van der Waals surface area contributed by atoms with E-state index in [0.717, 1.165) is 16.8 Å². The second kappa shape index (κ2) is 7.86. The third kappa shape index (κ3) is 4.61. The van der Waals surface area contributed by atoms with Gasteiger partial charge in [-0.25, -0.2) is 9.97 Å². The molecule has 0 unspecified atom stereocenters. The molecular formula is C21H21N3O3. The number of nitrogens with zero attached hydrogens (tertiary/aromatic N) is 2. The first kappa shape index (κ1) is 18.4. The molecule has 0 aliphatic carbocycles. The van der Waals surface area contributed by atoms with E-state index < -0.39 is 5.97 Å². The third-order valence-electron chi connectivity index (χ3n) is 4.22. The molecule has 1 aromatic heterocycles.